The monoisotopic (exact) mass is 398 g/mol. The molecule has 1 saturated carbocycles. The summed E-state index contributed by atoms with van der Waals surface area (Å²) >= 11 is 0. The number of hydrogen-bond donors (Lipinski definition) is 1. The lowest BCUT2D eigenvalue weighted by molar-refractivity contribution is -0.143. The first-order valence-corrected chi connectivity index (χ1v) is 11.4. The standard InChI is InChI=1S/C24H34N2O3/c1-17-14-21-15-18(11-13-25-12-5-8-20(16-25)24(28)29)9-10-22(21)26(17)23(27)19-6-3-2-4-7-19/h9-10,15,17,19-20H,2-8,11-14,16H2,1H3,(H,28,29). The van der Waals surface area contributed by atoms with E-state index in [9.17, 15) is 14.7 Å². The molecule has 0 aromatic heterocycles. The van der Waals surface area contributed by atoms with Crippen LogP contribution in [0.2, 0.25) is 0 Å². The van der Waals surface area contributed by atoms with Gasteiger partial charge in [0.15, 0.2) is 0 Å². The van der Waals surface area contributed by atoms with Crippen molar-refractivity contribution in [3.05, 3.63) is 29.3 Å². The normalized spacial score (nSPS) is 25.8. The molecule has 0 spiro atoms. The molecule has 4 rings (SSSR count). The number of anilines is 1. The molecule has 1 amide bonds. The van der Waals surface area contributed by atoms with E-state index in [2.05, 4.69) is 34.9 Å². The van der Waals surface area contributed by atoms with Crippen LogP contribution in [0.25, 0.3) is 0 Å². The summed E-state index contributed by atoms with van der Waals surface area (Å²) in [5.74, 6) is -0.345. The fourth-order valence-electron chi connectivity index (χ4n) is 5.47. The van der Waals surface area contributed by atoms with E-state index >= 15 is 0 Å². The fourth-order valence-corrected chi connectivity index (χ4v) is 5.47. The molecule has 2 unspecified atom stereocenters. The van der Waals surface area contributed by atoms with Crippen LogP contribution in [-0.4, -0.2) is 47.6 Å². The fraction of sp³-hybridized carbons (Fsp3) is 0.667. The molecule has 2 atom stereocenters. The largest absolute Gasteiger partial charge is 0.481 e. The third-order valence-electron chi connectivity index (χ3n) is 7.12. The minimum absolute atomic E-state index is 0.207. The van der Waals surface area contributed by atoms with Gasteiger partial charge in [0.05, 0.1) is 5.92 Å². The molecule has 3 aliphatic rings. The maximum absolute atomic E-state index is 13.1. The first-order chi connectivity index (χ1) is 14.0. The zero-order chi connectivity index (χ0) is 20.4. The number of benzene rings is 1. The van der Waals surface area contributed by atoms with E-state index in [0.717, 1.165) is 57.3 Å². The molecular formula is C24H34N2O3. The summed E-state index contributed by atoms with van der Waals surface area (Å²) in [6, 6.07) is 6.83. The van der Waals surface area contributed by atoms with E-state index in [-0.39, 0.29) is 17.9 Å². The molecule has 1 aliphatic carbocycles. The van der Waals surface area contributed by atoms with E-state index in [1.807, 2.05) is 0 Å². The van der Waals surface area contributed by atoms with Crippen molar-refractivity contribution < 1.29 is 14.7 Å². The Bertz CT molecular complexity index is 756. The quantitative estimate of drug-likeness (QED) is 0.818. The lowest BCUT2D eigenvalue weighted by Gasteiger charge is -2.30. The van der Waals surface area contributed by atoms with Gasteiger partial charge in [-0.3, -0.25) is 9.59 Å². The highest BCUT2D eigenvalue weighted by molar-refractivity contribution is 5.97. The van der Waals surface area contributed by atoms with Crippen molar-refractivity contribution in [1.82, 2.24) is 4.90 Å². The third kappa shape index (κ3) is 4.50. The van der Waals surface area contributed by atoms with Crippen LogP contribution >= 0.6 is 0 Å². The highest BCUT2D eigenvalue weighted by Gasteiger charge is 2.35. The summed E-state index contributed by atoms with van der Waals surface area (Å²) in [7, 11) is 0. The molecule has 5 heteroatoms. The van der Waals surface area contributed by atoms with Gasteiger partial charge in [-0.25, -0.2) is 0 Å². The van der Waals surface area contributed by atoms with E-state index in [1.54, 1.807) is 0 Å². The van der Waals surface area contributed by atoms with Crippen molar-refractivity contribution in [3.63, 3.8) is 0 Å². The molecule has 158 valence electrons. The van der Waals surface area contributed by atoms with Crippen LogP contribution in [0.3, 0.4) is 0 Å². The smallest absolute Gasteiger partial charge is 0.307 e. The van der Waals surface area contributed by atoms with E-state index in [0.29, 0.717) is 12.5 Å². The molecule has 0 bridgehead atoms. The Kier molecular flexibility index (Phi) is 6.23. The first-order valence-electron chi connectivity index (χ1n) is 11.4. The van der Waals surface area contributed by atoms with Gasteiger partial charge in [0.25, 0.3) is 0 Å². The number of piperidine rings is 1. The Hall–Kier alpha value is -1.88. The van der Waals surface area contributed by atoms with Crippen molar-refractivity contribution in [3.8, 4) is 0 Å². The number of amides is 1. The van der Waals surface area contributed by atoms with Gasteiger partial charge in [-0.05, 0) is 69.2 Å². The first kappa shape index (κ1) is 20.4. The Morgan fingerprint density at radius 2 is 1.83 bits per heavy atom. The Morgan fingerprint density at radius 3 is 2.59 bits per heavy atom. The summed E-state index contributed by atoms with van der Waals surface area (Å²) in [6.07, 6.45) is 9.36. The van der Waals surface area contributed by atoms with Crippen molar-refractivity contribution in [2.75, 3.05) is 24.5 Å². The van der Waals surface area contributed by atoms with Crippen molar-refractivity contribution in [2.45, 2.75) is 70.8 Å². The van der Waals surface area contributed by atoms with Crippen LogP contribution < -0.4 is 4.90 Å². The Morgan fingerprint density at radius 1 is 1.07 bits per heavy atom. The highest BCUT2D eigenvalue weighted by Crippen LogP contribution is 2.36. The molecule has 1 N–H and O–H groups in total. The minimum Gasteiger partial charge on any atom is -0.481 e. The molecule has 29 heavy (non-hydrogen) atoms. The average Bonchev–Trinajstić information content (AvgIpc) is 3.07. The Labute approximate surface area is 174 Å². The summed E-state index contributed by atoms with van der Waals surface area (Å²) in [5, 5.41) is 9.28. The van der Waals surface area contributed by atoms with Crippen molar-refractivity contribution in [2.24, 2.45) is 11.8 Å². The second-order valence-electron chi connectivity index (χ2n) is 9.29. The van der Waals surface area contributed by atoms with Gasteiger partial charge in [0, 0.05) is 30.7 Å². The lowest BCUT2D eigenvalue weighted by Crippen LogP contribution is -2.40. The van der Waals surface area contributed by atoms with E-state index < -0.39 is 5.97 Å². The molecule has 2 heterocycles. The van der Waals surface area contributed by atoms with Gasteiger partial charge < -0.3 is 14.9 Å². The number of aliphatic carboxylic acids is 1. The SMILES string of the molecule is CC1Cc2cc(CCN3CCCC(C(=O)O)C3)ccc2N1C(=O)C1CCCCC1. The van der Waals surface area contributed by atoms with Crippen LogP contribution in [-0.2, 0) is 22.4 Å². The predicted octanol–water partition coefficient (Wildman–Crippen LogP) is 3.88. The average molecular weight is 399 g/mol. The van der Waals surface area contributed by atoms with Crippen LogP contribution in [0.15, 0.2) is 18.2 Å². The number of fused-ring (bicyclic) bond motifs is 1. The van der Waals surface area contributed by atoms with Crippen LogP contribution in [0.4, 0.5) is 5.69 Å². The highest BCUT2D eigenvalue weighted by atomic mass is 16.4. The van der Waals surface area contributed by atoms with Crippen LogP contribution in [0.5, 0.6) is 0 Å². The van der Waals surface area contributed by atoms with Gasteiger partial charge in [-0.2, -0.15) is 0 Å². The number of carboxylic acids is 1. The van der Waals surface area contributed by atoms with Gasteiger partial charge in [0.1, 0.15) is 0 Å². The van der Waals surface area contributed by atoms with Gasteiger partial charge in [-0.1, -0.05) is 31.4 Å². The molecule has 1 aromatic carbocycles. The summed E-state index contributed by atoms with van der Waals surface area (Å²) in [6.45, 7) is 4.74. The molecule has 2 aliphatic heterocycles. The number of likely N-dealkylation sites (tertiary alicyclic amines) is 1. The van der Waals surface area contributed by atoms with E-state index in [4.69, 9.17) is 0 Å². The molecule has 1 saturated heterocycles. The number of rotatable bonds is 5. The predicted molar refractivity (Wildman–Crippen MR) is 114 cm³/mol. The second-order valence-corrected chi connectivity index (χ2v) is 9.29. The zero-order valence-electron chi connectivity index (χ0n) is 17.6. The maximum Gasteiger partial charge on any atom is 0.307 e. The van der Waals surface area contributed by atoms with Crippen LogP contribution in [0, 0.1) is 11.8 Å². The van der Waals surface area contributed by atoms with Gasteiger partial charge >= 0.3 is 5.97 Å². The molecule has 1 aromatic rings. The molecular weight excluding hydrogens is 364 g/mol. The Balaban J connectivity index is 1.39. The summed E-state index contributed by atoms with van der Waals surface area (Å²) in [4.78, 5) is 28.8. The number of hydrogen-bond acceptors (Lipinski definition) is 3. The topological polar surface area (TPSA) is 60.9 Å². The molecule has 0 radical (unpaired) electrons. The van der Waals surface area contributed by atoms with Gasteiger partial charge in [-0.15, -0.1) is 0 Å². The zero-order valence-corrected chi connectivity index (χ0v) is 17.6. The third-order valence-corrected chi connectivity index (χ3v) is 7.12. The van der Waals surface area contributed by atoms with Crippen molar-refractivity contribution in [1.29, 1.82) is 0 Å². The van der Waals surface area contributed by atoms with Gasteiger partial charge in [0.2, 0.25) is 5.91 Å². The summed E-state index contributed by atoms with van der Waals surface area (Å²) < 4.78 is 0. The molecule has 2 fully saturated rings. The number of carbonyl (C=O) groups is 2. The van der Waals surface area contributed by atoms with E-state index in [1.165, 1.54) is 30.4 Å². The number of nitrogens with zero attached hydrogens (tertiary/aromatic N) is 2. The second kappa shape index (κ2) is 8.86. The maximum atomic E-state index is 13.1. The molecule has 5 nitrogen and oxygen atoms in total. The number of carbonyl (C=O) groups excluding carboxylic acids is 1. The lowest BCUT2D eigenvalue weighted by atomic mass is 9.88. The van der Waals surface area contributed by atoms with Crippen LogP contribution in [0.1, 0.15) is 63.0 Å². The summed E-state index contributed by atoms with van der Waals surface area (Å²) in [5.41, 5.74) is 3.70. The van der Waals surface area contributed by atoms with Crippen molar-refractivity contribution >= 4 is 17.6 Å². The number of carboxylic acid groups (broad SMARTS) is 1. The minimum atomic E-state index is -0.663.